The van der Waals surface area contributed by atoms with Crippen LogP contribution >= 0.6 is 11.3 Å². The number of thiazole rings is 1. The number of rotatable bonds is 5. The molecule has 0 saturated carbocycles. The van der Waals surface area contributed by atoms with Gasteiger partial charge in [-0.25, -0.2) is 14.6 Å². The van der Waals surface area contributed by atoms with Gasteiger partial charge in [0.15, 0.2) is 0 Å². The van der Waals surface area contributed by atoms with Crippen LogP contribution in [0.3, 0.4) is 0 Å². The van der Waals surface area contributed by atoms with E-state index < -0.39 is 17.5 Å². The maximum absolute atomic E-state index is 11.5. The molecule has 1 atom stereocenters. The van der Waals surface area contributed by atoms with E-state index >= 15 is 0 Å². The van der Waals surface area contributed by atoms with Crippen LogP contribution in [0, 0.1) is 0 Å². The summed E-state index contributed by atoms with van der Waals surface area (Å²) in [7, 11) is 0. The molecule has 0 radical (unpaired) electrons. The van der Waals surface area contributed by atoms with E-state index in [1.54, 1.807) is 13.1 Å². The fourth-order valence-corrected chi connectivity index (χ4v) is 1.64. The number of urea groups is 1. The van der Waals surface area contributed by atoms with Gasteiger partial charge in [-0.05, 0) is 13.3 Å². The Balaban J connectivity index is 2.46. The minimum absolute atomic E-state index is 0.295. The number of hydrogen-bond acceptors (Lipinski definition) is 4. The summed E-state index contributed by atoms with van der Waals surface area (Å²) in [6, 6.07) is -0.507. The standard InChI is InChI=1S/C10H15N3O3S/c1-3-10(2,8(14)15)13-9(16)12-6-7-11-4-5-17-7/h4-5H,3,6H2,1-2H3,(H,14,15)(H2,12,13,16). The quantitative estimate of drug-likeness (QED) is 0.739. The first-order valence-corrected chi connectivity index (χ1v) is 6.03. The molecule has 6 nitrogen and oxygen atoms in total. The SMILES string of the molecule is CCC(C)(NC(=O)NCc1nccs1)C(=O)O. The van der Waals surface area contributed by atoms with Crippen molar-refractivity contribution < 1.29 is 14.7 Å². The zero-order chi connectivity index (χ0) is 12.9. The smallest absolute Gasteiger partial charge is 0.329 e. The Morgan fingerprint density at radius 2 is 2.29 bits per heavy atom. The van der Waals surface area contributed by atoms with E-state index in [1.807, 2.05) is 5.38 Å². The molecular formula is C10H15N3O3S. The molecule has 2 amide bonds. The first kappa shape index (κ1) is 13.4. The van der Waals surface area contributed by atoms with Gasteiger partial charge < -0.3 is 15.7 Å². The second-order valence-corrected chi connectivity index (χ2v) is 4.70. The largest absolute Gasteiger partial charge is 0.480 e. The molecule has 0 bridgehead atoms. The molecule has 0 aromatic carbocycles. The Kier molecular flexibility index (Phi) is 4.45. The average Bonchev–Trinajstić information content (AvgIpc) is 2.78. The van der Waals surface area contributed by atoms with Gasteiger partial charge >= 0.3 is 12.0 Å². The monoisotopic (exact) mass is 257 g/mol. The fraction of sp³-hybridized carbons (Fsp3) is 0.500. The Hall–Kier alpha value is -1.63. The Labute approximate surface area is 103 Å². The first-order valence-electron chi connectivity index (χ1n) is 5.15. The Morgan fingerprint density at radius 3 is 2.76 bits per heavy atom. The number of aromatic nitrogens is 1. The molecule has 1 aromatic rings. The third-order valence-electron chi connectivity index (χ3n) is 2.45. The highest BCUT2D eigenvalue weighted by Gasteiger charge is 2.32. The summed E-state index contributed by atoms with van der Waals surface area (Å²) >= 11 is 1.43. The van der Waals surface area contributed by atoms with E-state index in [9.17, 15) is 9.59 Å². The number of nitrogens with zero attached hydrogens (tertiary/aromatic N) is 1. The molecule has 1 heterocycles. The number of aliphatic carboxylic acids is 1. The second kappa shape index (κ2) is 5.62. The normalized spacial score (nSPS) is 13.8. The predicted octanol–water partition coefficient (Wildman–Crippen LogP) is 1.20. The molecule has 94 valence electrons. The molecule has 0 aliphatic rings. The van der Waals surface area contributed by atoms with Crippen LogP contribution in [0.25, 0.3) is 0 Å². The maximum Gasteiger partial charge on any atom is 0.329 e. The van der Waals surface area contributed by atoms with Gasteiger partial charge in [-0.3, -0.25) is 0 Å². The maximum atomic E-state index is 11.5. The number of carboxylic acids is 1. The minimum Gasteiger partial charge on any atom is -0.480 e. The fourth-order valence-electron chi connectivity index (χ4n) is 1.08. The van der Waals surface area contributed by atoms with Crippen LogP contribution in [-0.2, 0) is 11.3 Å². The Morgan fingerprint density at radius 1 is 1.59 bits per heavy atom. The van der Waals surface area contributed by atoms with Crippen molar-refractivity contribution in [1.82, 2.24) is 15.6 Å². The van der Waals surface area contributed by atoms with Crippen LogP contribution in [0.1, 0.15) is 25.3 Å². The summed E-state index contributed by atoms with van der Waals surface area (Å²) in [5.41, 5.74) is -1.24. The molecule has 0 spiro atoms. The average molecular weight is 257 g/mol. The van der Waals surface area contributed by atoms with Crippen LogP contribution in [0.4, 0.5) is 4.79 Å². The zero-order valence-electron chi connectivity index (χ0n) is 9.69. The van der Waals surface area contributed by atoms with Gasteiger partial charge in [0, 0.05) is 11.6 Å². The molecular weight excluding hydrogens is 242 g/mol. The molecule has 0 aliphatic heterocycles. The van der Waals surface area contributed by atoms with E-state index in [1.165, 1.54) is 18.3 Å². The summed E-state index contributed by atoms with van der Waals surface area (Å²) in [5.74, 6) is -1.05. The molecule has 0 aliphatic carbocycles. The molecule has 7 heteroatoms. The van der Waals surface area contributed by atoms with Gasteiger partial charge in [0.25, 0.3) is 0 Å². The van der Waals surface area contributed by atoms with Crippen molar-refractivity contribution in [3.8, 4) is 0 Å². The number of hydrogen-bond donors (Lipinski definition) is 3. The minimum atomic E-state index is -1.24. The number of nitrogens with one attached hydrogen (secondary N) is 2. The molecule has 1 rings (SSSR count). The molecule has 0 fully saturated rings. The number of carboxylic acid groups (broad SMARTS) is 1. The summed E-state index contributed by atoms with van der Waals surface area (Å²) in [6.07, 6.45) is 1.96. The summed E-state index contributed by atoms with van der Waals surface area (Å²) in [4.78, 5) is 26.5. The zero-order valence-corrected chi connectivity index (χ0v) is 10.5. The second-order valence-electron chi connectivity index (χ2n) is 3.72. The van der Waals surface area contributed by atoms with Gasteiger partial charge in [0.05, 0.1) is 6.54 Å². The number of carbonyl (C=O) groups excluding carboxylic acids is 1. The lowest BCUT2D eigenvalue weighted by Crippen LogP contribution is -2.54. The van der Waals surface area contributed by atoms with Crippen molar-refractivity contribution in [1.29, 1.82) is 0 Å². The van der Waals surface area contributed by atoms with Crippen molar-refractivity contribution in [3.05, 3.63) is 16.6 Å². The van der Waals surface area contributed by atoms with E-state index in [2.05, 4.69) is 15.6 Å². The van der Waals surface area contributed by atoms with Crippen LogP contribution in [0.15, 0.2) is 11.6 Å². The molecule has 3 N–H and O–H groups in total. The molecule has 1 aromatic heterocycles. The summed E-state index contributed by atoms with van der Waals surface area (Å²) in [5, 5.41) is 16.6. The van der Waals surface area contributed by atoms with Crippen LogP contribution in [-0.4, -0.2) is 27.6 Å². The van der Waals surface area contributed by atoms with E-state index in [4.69, 9.17) is 5.11 Å². The van der Waals surface area contributed by atoms with E-state index in [0.29, 0.717) is 13.0 Å². The van der Waals surface area contributed by atoms with Crippen LogP contribution in [0.5, 0.6) is 0 Å². The highest BCUT2D eigenvalue weighted by atomic mass is 32.1. The molecule has 1 unspecified atom stereocenters. The number of carbonyl (C=O) groups is 2. The Bertz CT molecular complexity index is 394. The van der Waals surface area contributed by atoms with Crippen molar-refractivity contribution in [2.24, 2.45) is 0 Å². The van der Waals surface area contributed by atoms with Crippen LogP contribution in [0.2, 0.25) is 0 Å². The van der Waals surface area contributed by atoms with Gasteiger partial charge in [-0.15, -0.1) is 11.3 Å². The summed E-state index contributed by atoms with van der Waals surface area (Å²) < 4.78 is 0. The highest BCUT2D eigenvalue weighted by Crippen LogP contribution is 2.09. The van der Waals surface area contributed by atoms with E-state index in [0.717, 1.165) is 5.01 Å². The van der Waals surface area contributed by atoms with Crippen molar-refractivity contribution in [3.63, 3.8) is 0 Å². The third-order valence-corrected chi connectivity index (χ3v) is 3.23. The van der Waals surface area contributed by atoms with Gasteiger partial charge in [-0.1, -0.05) is 6.92 Å². The van der Waals surface area contributed by atoms with Crippen LogP contribution < -0.4 is 10.6 Å². The van der Waals surface area contributed by atoms with Gasteiger partial charge in [0.1, 0.15) is 10.5 Å². The third kappa shape index (κ3) is 3.70. The lowest BCUT2D eigenvalue weighted by atomic mass is 10.00. The lowest BCUT2D eigenvalue weighted by molar-refractivity contribution is -0.143. The van der Waals surface area contributed by atoms with Gasteiger partial charge in [-0.2, -0.15) is 0 Å². The first-order chi connectivity index (χ1) is 7.98. The number of amides is 2. The lowest BCUT2D eigenvalue weighted by Gasteiger charge is -2.24. The van der Waals surface area contributed by atoms with Crippen molar-refractivity contribution in [2.75, 3.05) is 0 Å². The van der Waals surface area contributed by atoms with Gasteiger partial charge in [0.2, 0.25) is 0 Å². The topological polar surface area (TPSA) is 91.3 Å². The molecule has 0 saturated heterocycles. The highest BCUT2D eigenvalue weighted by molar-refractivity contribution is 7.09. The van der Waals surface area contributed by atoms with Crippen molar-refractivity contribution in [2.45, 2.75) is 32.4 Å². The van der Waals surface area contributed by atoms with E-state index in [-0.39, 0.29) is 0 Å². The van der Waals surface area contributed by atoms with Crippen molar-refractivity contribution >= 4 is 23.3 Å². The molecule has 17 heavy (non-hydrogen) atoms. The predicted molar refractivity (Wildman–Crippen MR) is 63.8 cm³/mol. The summed E-state index contributed by atoms with van der Waals surface area (Å²) in [6.45, 7) is 3.47.